The number of benzene rings is 1. The minimum absolute atomic E-state index is 0.00503. The van der Waals surface area contributed by atoms with E-state index in [4.69, 9.17) is 5.41 Å². The third kappa shape index (κ3) is 1.68. The zero-order valence-corrected chi connectivity index (χ0v) is 8.77. The Morgan fingerprint density at radius 2 is 2.00 bits per heavy atom. The summed E-state index contributed by atoms with van der Waals surface area (Å²) in [6, 6.07) is 5.78. The van der Waals surface area contributed by atoms with Gasteiger partial charge in [-0.05, 0) is 12.1 Å². The van der Waals surface area contributed by atoms with Gasteiger partial charge in [0, 0.05) is 23.1 Å². The summed E-state index contributed by atoms with van der Waals surface area (Å²) in [5.41, 5.74) is 1.07. The molecule has 0 spiro atoms. The maximum absolute atomic E-state index is 10.4. The van der Waals surface area contributed by atoms with Gasteiger partial charge in [0.05, 0.1) is 4.92 Å². The molecule has 0 radical (unpaired) electrons. The Morgan fingerprint density at radius 3 is 2.44 bits per heavy atom. The van der Waals surface area contributed by atoms with Crippen LogP contribution in [0.4, 0.5) is 5.69 Å². The van der Waals surface area contributed by atoms with E-state index in [-0.39, 0.29) is 10.5 Å². The molecule has 2 N–H and O–H groups in total. The normalized spacial score (nSPS) is 10.2. The fourth-order valence-electron chi connectivity index (χ4n) is 1.27. The predicted octanol–water partition coefficient (Wildman–Crippen LogP) is 1.84. The Bertz CT molecular complexity index is 585. The van der Waals surface area contributed by atoms with Crippen LogP contribution in [-0.2, 0) is 0 Å². The average molecular weight is 237 g/mol. The number of aromatic nitrogens is 1. The minimum atomic E-state index is -0.486. The van der Waals surface area contributed by atoms with E-state index in [2.05, 4.69) is 0 Å². The molecule has 0 unspecified atom stereocenters. The summed E-state index contributed by atoms with van der Waals surface area (Å²) in [5, 5.41) is 28.9. The number of non-ortho nitro benzene ring substituents is 1. The molecule has 0 bridgehead atoms. The van der Waals surface area contributed by atoms with Crippen LogP contribution in [0.15, 0.2) is 29.6 Å². The topological polar surface area (TPSA) is 92.1 Å². The monoisotopic (exact) mass is 237 g/mol. The molecule has 1 aromatic heterocycles. The van der Waals surface area contributed by atoms with Gasteiger partial charge in [-0.25, -0.2) is 0 Å². The molecule has 1 aromatic carbocycles. The molecular weight excluding hydrogens is 230 g/mol. The molecule has 1 heterocycles. The third-order valence-corrected chi connectivity index (χ3v) is 2.81. The molecule has 0 fully saturated rings. The van der Waals surface area contributed by atoms with Crippen LogP contribution in [0.25, 0.3) is 11.3 Å². The Kier molecular flexibility index (Phi) is 2.45. The number of hydrogen-bond donors (Lipinski definition) is 2. The summed E-state index contributed by atoms with van der Waals surface area (Å²) in [7, 11) is 0. The molecule has 0 saturated carbocycles. The minimum Gasteiger partial charge on any atom is -0.426 e. The van der Waals surface area contributed by atoms with Crippen LogP contribution in [0.1, 0.15) is 0 Å². The molecule has 0 saturated heterocycles. The van der Waals surface area contributed by atoms with Gasteiger partial charge in [-0.1, -0.05) is 0 Å². The molecule has 2 rings (SSSR count). The number of nitro groups is 1. The number of thiazole rings is 1. The second-order valence-electron chi connectivity index (χ2n) is 3.04. The zero-order chi connectivity index (χ0) is 11.7. The number of nitro benzene ring substituents is 1. The third-order valence-electron chi connectivity index (χ3n) is 2.08. The maximum Gasteiger partial charge on any atom is 0.269 e. The predicted molar refractivity (Wildman–Crippen MR) is 57.4 cm³/mol. The van der Waals surface area contributed by atoms with Crippen molar-refractivity contribution in [2.24, 2.45) is 0 Å². The van der Waals surface area contributed by atoms with Crippen LogP contribution in [-0.4, -0.2) is 14.9 Å². The van der Waals surface area contributed by atoms with Crippen molar-refractivity contribution < 1.29 is 10.1 Å². The first-order valence-electron chi connectivity index (χ1n) is 4.29. The number of nitrogens with zero attached hydrogens (tertiary/aromatic N) is 2. The SMILES string of the molecule is N=c1scc(-c2ccc([N+](=O)[O-])cc2)n1O. The summed E-state index contributed by atoms with van der Waals surface area (Å²) in [6.45, 7) is 0. The molecule has 82 valence electrons. The molecule has 0 aliphatic rings. The van der Waals surface area contributed by atoms with Gasteiger partial charge in [0.25, 0.3) is 5.69 Å². The molecule has 16 heavy (non-hydrogen) atoms. The fraction of sp³-hybridized carbons (Fsp3) is 0. The van der Waals surface area contributed by atoms with Crippen molar-refractivity contribution in [1.29, 1.82) is 5.41 Å². The first-order chi connectivity index (χ1) is 7.59. The lowest BCUT2D eigenvalue weighted by Crippen LogP contribution is -2.10. The quantitative estimate of drug-likeness (QED) is 0.474. The smallest absolute Gasteiger partial charge is 0.269 e. The Labute approximate surface area is 93.6 Å². The number of rotatable bonds is 2. The largest absolute Gasteiger partial charge is 0.426 e. The van der Waals surface area contributed by atoms with Gasteiger partial charge in [0.1, 0.15) is 5.69 Å². The van der Waals surface area contributed by atoms with Gasteiger partial charge in [-0.2, -0.15) is 4.73 Å². The van der Waals surface area contributed by atoms with Crippen molar-refractivity contribution in [2.45, 2.75) is 0 Å². The first-order valence-corrected chi connectivity index (χ1v) is 5.17. The van der Waals surface area contributed by atoms with Gasteiger partial charge in [-0.3, -0.25) is 15.5 Å². The van der Waals surface area contributed by atoms with Crippen LogP contribution >= 0.6 is 11.3 Å². The zero-order valence-electron chi connectivity index (χ0n) is 7.95. The lowest BCUT2D eigenvalue weighted by atomic mass is 10.1. The highest BCUT2D eigenvalue weighted by atomic mass is 32.1. The van der Waals surface area contributed by atoms with Gasteiger partial charge < -0.3 is 5.21 Å². The van der Waals surface area contributed by atoms with Crippen LogP contribution in [0.2, 0.25) is 0 Å². The second kappa shape index (κ2) is 3.78. The van der Waals surface area contributed by atoms with E-state index in [1.165, 1.54) is 24.3 Å². The van der Waals surface area contributed by atoms with Crippen LogP contribution in [0, 0.1) is 15.5 Å². The Balaban J connectivity index is 2.46. The van der Waals surface area contributed by atoms with E-state index in [9.17, 15) is 15.3 Å². The first kappa shape index (κ1) is 10.4. The summed E-state index contributed by atoms with van der Waals surface area (Å²) >= 11 is 1.08. The fourth-order valence-corrected chi connectivity index (χ4v) is 1.92. The molecule has 0 amide bonds. The highest BCUT2D eigenvalue weighted by molar-refractivity contribution is 7.07. The van der Waals surface area contributed by atoms with Crippen molar-refractivity contribution in [3.05, 3.63) is 44.6 Å². The van der Waals surface area contributed by atoms with Crippen LogP contribution in [0.5, 0.6) is 0 Å². The number of hydrogen-bond acceptors (Lipinski definition) is 5. The van der Waals surface area contributed by atoms with Gasteiger partial charge in [0.15, 0.2) is 0 Å². The van der Waals surface area contributed by atoms with Crippen molar-refractivity contribution in [1.82, 2.24) is 4.73 Å². The van der Waals surface area contributed by atoms with Crippen molar-refractivity contribution in [3.63, 3.8) is 0 Å². The summed E-state index contributed by atoms with van der Waals surface area (Å²) in [4.78, 5) is 9.96. The molecular formula is C9H7N3O3S. The van der Waals surface area contributed by atoms with Gasteiger partial charge in [-0.15, -0.1) is 11.3 Å². The second-order valence-corrected chi connectivity index (χ2v) is 3.90. The van der Waals surface area contributed by atoms with Crippen LogP contribution in [0.3, 0.4) is 0 Å². The van der Waals surface area contributed by atoms with E-state index < -0.39 is 4.92 Å². The molecule has 0 aliphatic heterocycles. The van der Waals surface area contributed by atoms with Crippen molar-refractivity contribution in [2.75, 3.05) is 0 Å². The van der Waals surface area contributed by atoms with E-state index in [1.54, 1.807) is 5.38 Å². The van der Waals surface area contributed by atoms with Gasteiger partial charge in [0.2, 0.25) is 4.80 Å². The average Bonchev–Trinajstić information content (AvgIpc) is 2.60. The Morgan fingerprint density at radius 1 is 1.38 bits per heavy atom. The van der Waals surface area contributed by atoms with Crippen LogP contribution < -0.4 is 4.80 Å². The molecule has 0 atom stereocenters. The summed E-state index contributed by atoms with van der Waals surface area (Å²) in [6.07, 6.45) is 0. The van der Waals surface area contributed by atoms with E-state index in [1.807, 2.05) is 0 Å². The van der Waals surface area contributed by atoms with Crippen molar-refractivity contribution >= 4 is 17.0 Å². The lowest BCUT2D eigenvalue weighted by molar-refractivity contribution is -0.384. The lowest BCUT2D eigenvalue weighted by Gasteiger charge is -2.00. The maximum atomic E-state index is 10.4. The highest BCUT2D eigenvalue weighted by Gasteiger charge is 2.09. The Hall–Kier alpha value is -2.15. The van der Waals surface area contributed by atoms with E-state index in [0.29, 0.717) is 11.3 Å². The molecule has 2 aromatic rings. The number of nitrogens with one attached hydrogen (secondary N) is 1. The summed E-state index contributed by atoms with van der Waals surface area (Å²) in [5.74, 6) is 0. The molecule has 6 nitrogen and oxygen atoms in total. The summed E-state index contributed by atoms with van der Waals surface area (Å²) < 4.78 is 0.742. The standard InChI is InChI=1S/C9H7N3O3S/c10-9-11(13)8(5-16-9)6-1-3-7(4-2-6)12(14)15/h1-5,10,13H. The van der Waals surface area contributed by atoms with E-state index >= 15 is 0 Å². The van der Waals surface area contributed by atoms with Gasteiger partial charge >= 0.3 is 0 Å². The van der Waals surface area contributed by atoms with Crippen molar-refractivity contribution in [3.8, 4) is 11.3 Å². The molecule has 7 heteroatoms. The highest BCUT2D eigenvalue weighted by Crippen LogP contribution is 2.21. The molecule has 0 aliphatic carbocycles. The van der Waals surface area contributed by atoms with E-state index in [0.717, 1.165) is 16.1 Å².